The molecule has 0 aliphatic heterocycles. The van der Waals surface area contributed by atoms with Crippen LogP contribution in [0, 0.1) is 0 Å². The third-order valence-electron chi connectivity index (χ3n) is 4.97. The molecule has 4 heteroatoms. The van der Waals surface area contributed by atoms with Crippen molar-refractivity contribution < 1.29 is 0 Å². The minimum atomic E-state index is -0.674. The van der Waals surface area contributed by atoms with Crippen LogP contribution >= 0.6 is 0 Å². The van der Waals surface area contributed by atoms with Crippen LogP contribution in [-0.4, -0.2) is 0 Å². The van der Waals surface area contributed by atoms with Crippen molar-refractivity contribution in [2.75, 3.05) is 0 Å². The Morgan fingerprint density at radius 3 is 1.15 bits per heavy atom. The Balaban J connectivity index is 0.000000260. The topological polar surface area (TPSA) is 104 Å². The van der Waals surface area contributed by atoms with Gasteiger partial charge >= 0.3 is 0 Å². The SMILES string of the molecule is CCc1ccccc1C(N)(N)CC.CCc1ccccc1C(N)(N)CC. The van der Waals surface area contributed by atoms with Crippen molar-refractivity contribution in [2.45, 2.75) is 64.7 Å². The summed E-state index contributed by atoms with van der Waals surface area (Å²) in [6, 6.07) is 16.2. The third-order valence-corrected chi connectivity index (χ3v) is 4.97. The predicted molar refractivity (Wildman–Crippen MR) is 112 cm³/mol. The number of aryl methyl sites for hydroxylation is 2. The molecule has 2 rings (SSSR count). The second kappa shape index (κ2) is 9.83. The summed E-state index contributed by atoms with van der Waals surface area (Å²) in [7, 11) is 0. The average molecular weight is 357 g/mol. The molecule has 0 bridgehead atoms. The lowest BCUT2D eigenvalue weighted by atomic mass is 9.92. The highest BCUT2D eigenvalue weighted by Gasteiger charge is 2.21. The van der Waals surface area contributed by atoms with Gasteiger partial charge in [0.1, 0.15) is 0 Å². The number of benzene rings is 2. The maximum Gasteiger partial charge on any atom is 0.0899 e. The van der Waals surface area contributed by atoms with Gasteiger partial charge in [-0.3, -0.25) is 0 Å². The fourth-order valence-corrected chi connectivity index (χ4v) is 2.95. The first-order chi connectivity index (χ1) is 12.2. The zero-order chi connectivity index (χ0) is 19.8. The quantitative estimate of drug-likeness (QED) is 0.595. The van der Waals surface area contributed by atoms with Crippen LogP contribution in [-0.2, 0) is 24.2 Å². The summed E-state index contributed by atoms with van der Waals surface area (Å²) in [6.07, 6.45) is 3.46. The Morgan fingerprint density at radius 1 is 0.577 bits per heavy atom. The summed E-state index contributed by atoms with van der Waals surface area (Å²) in [4.78, 5) is 0. The van der Waals surface area contributed by atoms with Crippen molar-refractivity contribution in [3.8, 4) is 0 Å². The summed E-state index contributed by atoms with van der Waals surface area (Å²) in [6.45, 7) is 8.24. The van der Waals surface area contributed by atoms with E-state index in [-0.39, 0.29) is 0 Å². The molecular formula is C22H36N4. The first-order valence-corrected chi connectivity index (χ1v) is 9.55. The molecule has 144 valence electrons. The van der Waals surface area contributed by atoms with Crippen molar-refractivity contribution in [2.24, 2.45) is 22.9 Å². The lowest BCUT2D eigenvalue weighted by molar-refractivity contribution is 0.444. The molecular weight excluding hydrogens is 320 g/mol. The first kappa shape index (κ1) is 22.3. The molecule has 0 fully saturated rings. The highest BCUT2D eigenvalue weighted by molar-refractivity contribution is 5.33. The largest absolute Gasteiger partial charge is 0.310 e. The zero-order valence-corrected chi connectivity index (χ0v) is 16.8. The Labute approximate surface area is 159 Å². The second-order valence-corrected chi connectivity index (χ2v) is 6.81. The fourth-order valence-electron chi connectivity index (χ4n) is 2.95. The number of rotatable bonds is 6. The lowest BCUT2D eigenvalue weighted by Crippen LogP contribution is -2.46. The van der Waals surface area contributed by atoms with E-state index in [2.05, 4.69) is 26.0 Å². The van der Waals surface area contributed by atoms with E-state index in [0.717, 1.165) is 36.8 Å². The zero-order valence-electron chi connectivity index (χ0n) is 16.8. The minimum Gasteiger partial charge on any atom is -0.310 e. The van der Waals surface area contributed by atoms with Gasteiger partial charge in [0.2, 0.25) is 0 Å². The van der Waals surface area contributed by atoms with Crippen LogP contribution in [0.2, 0.25) is 0 Å². The van der Waals surface area contributed by atoms with E-state index in [9.17, 15) is 0 Å². The van der Waals surface area contributed by atoms with Gasteiger partial charge < -0.3 is 22.9 Å². The molecule has 0 aromatic heterocycles. The Kier molecular flexibility index (Phi) is 8.44. The van der Waals surface area contributed by atoms with Crippen LogP contribution < -0.4 is 22.9 Å². The molecule has 0 radical (unpaired) electrons. The molecule has 0 saturated heterocycles. The number of hydrogen-bond donors (Lipinski definition) is 4. The van der Waals surface area contributed by atoms with E-state index in [1.54, 1.807) is 0 Å². The van der Waals surface area contributed by atoms with E-state index in [1.165, 1.54) is 11.1 Å². The number of nitrogens with two attached hydrogens (primary N) is 4. The van der Waals surface area contributed by atoms with Crippen molar-refractivity contribution in [1.29, 1.82) is 0 Å². The van der Waals surface area contributed by atoms with Crippen LogP contribution in [0.3, 0.4) is 0 Å². The molecule has 26 heavy (non-hydrogen) atoms. The van der Waals surface area contributed by atoms with Gasteiger partial charge in [0, 0.05) is 0 Å². The fraction of sp³-hybridized carbons (Fsp3) is 0.455. The van der Waals surface area contributed by atoms with E-state index < -0.39 is 11.3 Å². The minimum absolute atomic E-state index is 0.674. The van der Waals surface area contributed by atoms with Gasteiger partial charge in [-0.05, 0) is 47.9 Å². The molecule has 0 atom stereocenters. The van der Waals surface area contributed by atoms with Crippen molar-refractivity contribution >= 4 is 0 Å². The van der Waals surface area contributed by atoms with E-state index >= 15 is 0 Å². The van der Waals surface area contributed by atoms with Gasteiger partial charge in [0.05, 0.1) is 11.3 Å². The van der Waals surface area contributed by atoms with Crippen LogP contribution in [0.25, 0.3) is 0 Å². The van der Waals surface area contributed by atoms with Crippen LogP contribution in [0.5, 0.6) is 0 Å². The van der Waals surface area contributed by atoms with Gasteiger partial charge in [0.15, 0.2) is 0 Å². The number of hydrogen-bond acceptors (Lipinski definition) is 4. The molecule has 0 aliphatic rings. The molecule has 2 aromatic carbocycles. The molecule has 0 spiro atoms. The smallest absolute Gasteiger partial charge is 0.0899 e. The van der Waals surface area contributed by atoms with Gasteiger partial charge in [-0.15, -0.1) is 0 Å². The van der Waals surface area contributed by atoms with Gasteiger partial charge in [0.25, 0.3) is 0 Å². The predicted octanol–water partition coefficient (Wildman–Crippen LogP) is 3.46. The maximum atomic E-state index is 5.99. The Hall–Kier alpha value is -1.72. The standard InChI is InChI=1S/2C11H18N2/c2*1-3-9-7-5-6-8-10(9)11(12,13)4-2/h2*5-8H,3-4,12-13H2,1-2H3. The molecule has 0 amide bonds. The highest BCUT2D eigenvalue weighted by Crippen LogP contribution is 2.21. The summed E-state index contributed by atoms with van der Waals surface area (Å²) in [5.74, 6) is 0. The normalized spacial score (nSPS) is 11.7. The third kappa shape index (κ3) is 5.64. The van der Waals surface area contributed by atoms with Crippen molar-refractivity contribution in [3.63, 3.8) is 0 Å². The molecule has 8 N–H and O–H groups in total. The highest BCUT2D eigenvalue weighted by atomic mass is 15.0. The van der Waals surface area contributed by atoms with Crippen LogP contribution in [0.15, 0.2) is 48.5 Å². The summed E-state index contributed by atoms with van der Waals surface area (Å²) < 4.78 is 0. The van der Waals surface area contributed by atoms with Crippen molar-refractivity contribution in [1.82, 2.24) is 0 Å². The molecule has 0 saturated carbocycles. The van der Waals surface area contributed by atoms with Crippen LogP contribution in [0.4, 0.5) is 0 Å². The first-order valence-electron chi connectivity index (χ1n) is 9.55. The van der Waals surface area contributed by atoms with E-state index in [1.807, 2.05) is 50.2 Å². The summed E-state index contributed by atoms with van der Waals surface area (Å²) in [5.41, 5.74) is 27.2. The molecule has 0 aliphatic carbocycles. The van der Waals surface area contributed by atoms with E-state index in [0.29, 0.717) is 0 Å². The Bertz CT molecular complexity index is 618. The van der Waals surface area contributed by atoms with Crippen LogP contribution in [0.1, 0.15) is 62.8 Å². The van der Waals surface area contributed by atoms with Crippen molar-refractivity contribution in [3.05, 3.63) is 70.8 Å². The molecule has 4 nitrogen and oxygen atoms in total. The van der Waals surface area contributed by atoms with Gasteiger partial charge in [-0.2, -0.15) is 0 Å². The monoisotopic (exact) mass is 356 g/mol. The van der Waals surface area contributed by atoms with Gasteiger partial charge in [-0.25, -0.2) is 0 Å². The Morgan fingerprint density at radius 2 is 0.885 bits per heavy atom. The van der Waals surface area contributed by atoms with Gasteiger partial charge in [-0.1, -0.05) is 76.2 Å². The second-order valence-electron chi connectivity index (χ2n) is 6.81. The molecule has 0 heterocycles. The van der Waals surface area contributed by atoms with E-state index in [4.69, 9.17) is 22.9 Å². The average Bonchev–Trinajstić information content (AvgIpc) is 2.68. The molecule has 0 unspecified atom stereocenters. The lowest BCUT2D eigenvalue weighted by Gasteiger charge is -2.25. The maximum absolute atomic E-state index is 5.99. The summed E-state index contributed by atoms with van der Waals surface area (Å²) in [5, 5.41) is 0. The molecule has 2 aromatic rings. The summed E-state index contributed by atoms with van der Waals surface area (Å²) >= 11 is 0.